The van der Waals surface area contributed by atoms with E-state index in [-0.39, 0.29) is 0 Å². The summed E-state index contributed by atoms with van der Waals surface area (Å²) in [6.07, 6.45) is 0. The van der Waals surface area contributed by atoms with Crippen LogP contribution in [0, 0.1) is 5.21 Å². The maximum Gasteiger partial charge on any atom is 0.193 e. The summed E-state index contributed by atoms with van der Waals surface area (Å²) in [7, 11) is 0. The van der Waals surface area contributed by atoms with E-state index in [9.17, 15) is 5.21 Å². The number of nitrogens with two attached hydrogens (primary N) is 1. The lowest BCUT2D eigenvalue weighted by Gasteiger charge is -2.12. The highest BCUT2D eigenvalue weighted by atomic mass is 16.9. The van der Waals surface area contributed by atoms with Gasteiger partial charge in [-0.2, -0.15) is 0 Å². The predicted molar refractivity (Wildman–Crippen MR) is 35.6 cm³/mol. The maximum atomic E-state index is 10.2. The molecule has 0 saturated heterocycles. The van der Waals surface area contributed by atoms with E-state index in [0.717, 1.165) is 0 Å². The molecule has 0 spiro atoms. The molecule has 0 radical (unpaired) electrons. The van der Waals surface area contributed by atoms with E-state index in [1.54, 1.807) is 24.3 Å². The molecule has 0 fully saturated rings. The SMILES string of the molecule is N[NH+]([O-])Oc1ccccc1. The average molecular weight is 140 g/mol. The molecule has 1 rings (SSSR count). The Kier molecular flexibility index (Phi) is 2.22. The van der Waals surface area contributed by atoms with Gasteiger partial charge in [-0.1, -0.05) is 18.2 Å². The normalized spacial score (nSPS) is 12.6. The number of benzene rings is 1. The average Bonchev–Trinajstić information content (AvgIpc) is 1.88. The summed E-state index contributed by atoms with van der Waals surface area (Å²) >= 11 is 0. The second kappa shape index (κ2) is 3.17. The molecule has 0 aliphatic carbocycles. The molecule has 10 heavy (non-hydrogen) atoms. The molecule has 4 nitrogen and oxygen atoms in total. The van der Waals surface area contributed by atoms with Gasteiger partial charge in [-0.3, -0.25) is 4.84 Å². The van der Waals surface area contributed by atoms with E-state index in [4.69, 9.17) is 5.84 Å². The highest BCUT2D eigenvalue weighted by Crippen LogP contribution is 2.04. The fourth-order valence-corrected chi connectivity index (χ4v) is 0.605. The number of hydrogen-bond acceptors (Lipinski definition) is 3. The van der Waals surface area contributed by atoms with Gasteiger partial charge in [0.05, 0.1) is 0 Å². The quantitative estimate of drug-likeness (QED) is 0.419. The summed E-state index contributed by atoms with van der Waals surface area (Å²) in [5.74, 6) is 5.23. The molecule has 4 heteroatoms. The van der Waals surface area contributed by atoms with Crippen molar-refractivity contribution in [2.45, 2.75) is 0 Å². The fourth-order valence-electron chi connectivity index (χ4n) is 0.605. The molecule has 0 amide bonds. The van der Waals surface area contributed by atoms with Crippen molar-refractivity contribution >= 4 is 0 Å². The first-order valence-corrected chi connectivity index (χ1v) is 2.81. The zero-order chi connectivity index (χ0) is 7.40. The lowest BCUT2D eigenvalue weighted by atomic mass is 10.3. The number of nitrogens with one attached hydrogen (secondary N) is 1. The fraction of sp³-hybridized carbons (Fsp3) is 0. The van der Waals surface area contributed by atoms with Crippen molar-refractivity contribution in [1.29, 1.82) is 0 Å². The summed E-state index contributed by atoms with van der Waals surface area (Å²) < 4.78 is 0. The number of para-hydroxylation sites is 1. The van der Waals surface area contributed by atoms with Crippen LogP contribution in [-0.2, 0) is 0 Å². The molecule has 0 bridgehead atoms. The minimum Gasteiger partial charge on any atom is -0.570 e. The van der Waals surface area contributed by atoms with Gasteiger partial charge in [0.2, 0.25) is 0 Å². The predicted octanol–water partition coefficient (Wildman–Crippen LogP) is -0.763. The van der Waals surface area contributed by atoms with E-state index in [2.05, 4.69) is 4.84 Å². The summed E-state index contributed by atoms with van der Waals surface area (Å²) in [5.41, 5.74) is 0. The van der Waals surface area contributed by atoms with E-state index >= 15 is 0 Å². The molecule has 0 saturated carbocycles. The van der Waals surface area contributed by atoms with E-state index in [1.165, 1.54) is 0 Å². The van der Waals surface area contributed by atoms with Crippen molar-refractivity contribution in [1.82, 2.24) is 0 Å². The van der Waals surface area contributed by atoms with Crippen LogP contribution in [0.25, 0.3) is 0 Å². The molecule has 0 aliphatic heterocycles. The Morgan fingerprint density at radius 2 is 1.90 bits per heavy atom. The smallest absolute Gasteiger partial charge is 0.193 e. The Bertz CT molecular complexity index is 188. The monoisotopic (exact) mass is 140 g/mol. The first-order valence-electron chi connectivity index (χ1n) is 2.81. The van der Waals surface area contributed by atoms with Gasteiger partial charge in [-0.25, -0.2) is 0 Å². The van der Waals surface area contributed by atoms with Gasteiger partial charge in [0.1, 0.15) is 0 Å². The summed E-state index contributed by atoms with van der Waals surface area (Å²) in [4.78, 5) is 4.55. The lowest BCUT2D eigenvalue weighted by Crippen LogP contribution is -3.15. The summed E-state index contributed by atoms with van der Waals surface area (Å²) in [6.45, 7) is 0. The second-order valence-corrected chi connectivity index (χ2v) is 1.73. The number of quaternary nitrogens is 1. The third-order valence-electron chi connectivity index (χ3n) is 0.962. The van der Waals surface area contributed by atoms with Gasteiger partial charge >= 0.3 is 0 Å². The Hall–Kier alpha value is -1.10. The molecular weight excluding hydrogens is 132 g/mol. The van der Waals surface area contributed by atoms with Gasteiger partial charge in [-0.15, -0.1) is 11.2 Å². The first-order chi connectivity index (χ1) is 4.79. The van der Waals surface area contributed by atoms with E-state index in [1.807, 2.05) is 6.07 Å². The zero-order valence-corrected chi connectivity index (χ0v) is 5.28. The van der Waals surface area contributed by atoms with Crippen molar-refractivity contribution in [2.75, 3.05) is 0 Å². The van der Waals surface area contributed by atoms with Gasteiger partial charge in [0.15, 0.2) is 5.75 Å². The van der Waals surface area contributed by atoms with Crippen LogP contribution in [0.1, 0.15) is 0 Å². The van der Waals surface area contributed by atoms with Crippen molar-refractivity contribution in [3.63, 3.8) is 0 Å². The third-order valence-corrected chi connectivity index (χ3v) is 0.962. The molecule has 1 atom stereocenters. The highest BCUT2D eigenvalue weighted by molar-refractivity contribution is 5.19. The number of rotatable bonds is 2. The maximum absolute atomic E-state index is 10.2. The molecular formula is C6H8N2O2. The van der Waals surface area contributed by atoms with Gasteiger partial charge < -0.3 is 5.21 Å². The minimum atomic E-state index is -0.786. The van der Waals surface area contributed by atoms with Crippen LogP contribution in [0.2, 0.25) is 0 Å². The number of hydrogen-bond donors (Lipinski definition) is 2. The Morgan fingerprint density at radius 3 is 2.40 bits per heavy atom. The molecule has 0 aliphatic rings. The second-order valence-electron chi connectivity index (χ2n) is 1.73. The van der Waals surface area contributed by atoms with Crippen LogP contribution < -0.4 is 16.0 Å². The summed E-state index contributed by atoms with van der Waals surface area (Å²) in [5, 5.41) is 9.38. The van der Waals surface area contributed by atoms with Crippen LogP contribution in [0.5, 0.6) is 5.75 Å². The van der Waals surface area contributed by atoms with Gasteiger partial charge in [0.25, 0.3) is 0 Å². The van der Waals surface area contributed by atoms with Crippen LogP contribution in [0.15, 0.2) is 30.3 Å². The standard InChI is InChI=1S/C6H8N2O2/c7-8(9)10-6-4-2-1-3-5-6/h1-5,8H,7H2. The molecule has 54 valence electrons. The molecule has 1 unspecified atom stereocenters. The van der Waals surface area contributed by atoms with Crippen LogP contribution in [0.3, 0.4) is 0 Å². The Labute approximate surface area is 58.3 Å². The van der Waals surface area contributed by atoms with Crippen molar-refractivity contribution in [3.8, 4) is 5.75 Å². The third kappa shape index (κ3) is 2.02. The molecule has 1 aromatic rings. The highest BCUT2D eigenvalue weighted by Gasteiger charge is 1.91. The topological polar surface area (TPSA) is 62.8 Å². The molecule has 0 heterocycles. The van der Waals surface area contributed by atoms with E-state index in [0.29, 0.717) is 5.75 Å². The van der Waals surface area contributed by atoms with Crippen molar-refractivity contribution in [3.05, 3.63) is 35.5 Å². The first kappa shape index (κ1) is 7.01. The molecule has 1 aromatic carbocycles. The van der Waals surface area contributed by atoms with Crippen LogP contribution >= 0.6 is 0 Å². The minimum absolute atomic E-state index is 0.468. The van der Waals surface area contributed by atoms with Crippen LogP contribution in [0.4, 0.5) is 0 Å². The van der Waals surface area contributed by atoms with Crippen molar-refractivity contribution in [2.24, 2.45) is 5.84 Å². The van der Waals surface area contributed by atoms with Gasteiger partial charge in [-0.05, 0) is 12.1 Å². The van der Waals surface area contributed by atoms with Gasteiger partial charge in [0, 0.05) is 0 Å². The molecule has 0 aromatic heterocycles. The Morgan fingerprint density at radius 1 is 1.30 bits per heavy atom. The molecule has 3 N–H and O–H groups in total. The van der Waals surface area contributed by atoms with Crippen molar-refractivity contribution < 1.29 is 10.2 Å². The van der Waals surface area contributed by atoms with E-state index < -0.39 is 5.34 Å². The largest absolute Gasteiger partial charge is 0.570 e. The van der Waals surface area contributed by atoms with Crippen LogP contribution in [-0.4, -0.2) is 0 Å². The lowest BCUT2D eigenvalue weighted by molar-refractivity contribution is -1.03. The zero-order valence-electron chi connectivity index (χ0n) is 5.28. The summed E-state index contributed by atoms with van der Waals surface area (Å²) in [6, 6.07) is 8.67. The Balaban J connectivity index is 2.59.